The van der Waals surface area contributed by atoms with Gasteiger partial charge >= 0.3 is 0 Å². The van der Waals surface area contributed by atoms with E-state index in [2.05, 4.69) is 13.8 Å². The molecule has 2 rings (SSSR count). The van der Waals surface area contributed by atoms with E-state index in [-0.39, 0.29) is 0 Å². The second-order valence-electron chi connectivity index (χ2n) is 4.12. The summed E-state index contributed by atoms with van der Waals surface area (Å²) in [5, 5.41) is 0. The fourth-order valence-electron chi connectivity index (χ4n) is 2.43. The summed E-state index contributed by atoms with van der Waals surface area (Å²) in [5.74, 6) is 2.62. The zero-order valence-electron chi connectivity index (χ0n) is 6.84. The van der Waals surface area contributed by atoms with Gasteiger partial charge in [-0.3, -0.25) is 0 Å². The van der Waals surface area contributed by atoms with Gasteiger partial charge in [0.15, 0.2) is 0 Å². The Labute approximate surface area is 62.8 Å². The first-order valence-electron chi connectivity index (χ1n) is 4.39. The molecule has 0 aromatic heterocycles. The van der Waals surface area contributed by atoms with E-state index in [0.29, 0.717) is 6.10 Å². The van der Waals surface area contributed by atoms with E-state index in [1.165, 1.54) is 12.8 Å². The molecule has 1 heterocycles. The number of ether oxygens (including phenoxy) is 1. The molecular weight excluding hydrogens is 124 g/mol. The van der Waals surface area contributed by atoms with E-state index in [1.807, 2.05) is 0 Å². The van der Waals surface area contributed by atoms with Crippen molar-refractivity contribution >= 4 is 0 Å². The Bertz CT molecular complexity index is 131. The molecule has 1 saturated carbocycles. The van der Waals surface area contributed by atoms with E-state index in [9.17, 15) is 0 Å². The molecule has 1 aliphatic carbocycles. The predicted molar refractivity (Wildman–Crippen MR) is 40.8 cm³/mol. The highest BCUT2D eigenvalue weighted by atomic mass is 16.5. The number of hydrogen-bond donors (Lipinski definition) is 0. The topological polar surface area (TPSA) is 9.23 Å². The summed E-state index contributed by atoms with van der Waals surface area (Å²) in [7, 11) is 0. The third-order valence-corrected chi connectivity index (χ3v) is 3.05. The molecule has 2 bridgehead atoms. The van der Waals surface area contributed by atoms with Gasteiger partial charge in [-0.25, -0.2) is 0 Å². The quantitative estimate of drug-likeness (QED) is 0.541. The molecule has 2 aliphatic rings. The summed E-state index contributed by atoms with van der Waals surface area (Å²) in [4.78, 5) is 0. The van der Waals surface area contributed by atoms with Crippen molar-refractivity contribution in [1.29, 1.82) is 0 Å². The first kappa shape index (κ1) is 6.66. The molecule has 0 aromatic carbocycles. The van der Waals surface area contributed by atoms with Gasteiger partial charge in [-0.15, -0.1) is 0 Å². The Balaban J connectivity index is 2.02. The Hall–Kier alpha value is -0.0400. The van der Waals surface area contributed by atoms with Crippen LogP contribution >= 0.6 is 0 Å². The average molecular weight is 140 g/mol. The summed E-state index contributed by atoms with van der Waals surface area (Å²) in [6, 6.07) is 0. The van der Waals surface area contributed by atoms with Crippen LogP contribution in [0.25, 0.3) is 0 Å². The summed E-state index contributed by atoms with van der Waals surface area (Å²) in [6.45, 7) is 5.68. The zero-order chi connectivity index (χ0) is 7.14. The molecule has 2 fully saturated rings. The highest BCUT2D eigenvalue weighted by Crippen LogP contribution is 2.42. The highest BCUT2D eigenvalue weighted by Gasteiger charge is 2.41. The summed E-state index contributed by atoms with van der Waals surface area (Å²) < 4.78 is 5.63. The van der Waals surface area contributed by atoms with Crippen LogP contribution in [0, 0.1) is 17.8 Å². The van der Waals surface area contributed by atoms with Gasteiger partial charge in [0.05, 0.1) is 6.10 Å². The Kier molecular flexibility index (Phi) is 1.48. The largest absolute Gasteiger partial charge is 0.378 e. The number of fused-ring (bicyclic) bond motifs is 2. The molecule has 0 unspecified atom stereocenters. The highest BCUT2D eigenvalue weighted by molar-refractivity contribution is 4.90. The molecule has 58 valence electrons. The van der Waals surface area contributed by atoms with E-state index >= 15 is 0 Å². The Morgan fingerprint density at radius 3 is 2.40 bits per heavy atom. The second-order valence-corrected chi connectivity index (χ2v) is 4.12. The molecule has 0 radical (unpaired) electrons. The fourth-order valence-corrected chi connectivity index (χ4v) is 2.43. The van der Waals surface area contributed by atoms with Crippen LogP contribution in [0.15, 0.2) is 0 Å². The molecular formula is C9H16O. The lowest BCUT2D eigenvalue weighted by molar-refractivity contribution is 0.0170. The van der Waals surface area contributed by atoms with Crippen molar-refractivity contribution in [1.82, 2.24) is 0 Å². The third-order valence-electron chi connectivity index (χ3n) is 3.05. The zero-order valence-corrected chi connectivity index (χ0v) is 6.84. The molecule has 1 heteroatoms. The number of hydrogen-bond acceptors (Lipinski definition) is 1. The van der Waals surface area contributed by atoms with Crippen LogP contribution in [-0.2, 0) is 4.74 Å². The minimum Gasteiger partial charge on any atom is -0.378 e. The molecule has 0 N–H and O–H groups in total. The summed E-state index contributed by atoms with van der Waals surface area (Å²) in [6.07, 6.45) is 3.41. The minimum absolute atomic E-state index is 0.630. The van der Waals surface area contributed by atoms with Gasteiger partial charge in [0.2, 0.25) is 0 Å². The van der Waals surface area contributed by atoms with Crippen molar-refractivity contribution in [2.45, 2.75) is 32.8 Å². The van der Waals surface area contributed by atoms with E-state index in [0.717, 1.165) is 24.4 Å². The van der Waals surface area contributed by atoms with Gasteiger partial charge in [0.1, 0.15) is 0 Å². The molecule has 0 aromatic rings. The van der Waals surface area contributed by atoms with Gasteiger partial charge in [0, 0.05) is 6.61 Å². The van der Waals surface area contributed by atoms with Crippen molar-refractivity contribution in [2.75, 3.05) is 6.61 Å². The standard InChI is InChI=1S/C9H16O/c1-6(2)8-3-7-4-9(8)10-5-7/h6-9H,3-5H2,1-2H3/t7-,8-,9-/m1/s1. The van der Waals surface area contributed by atoms with Crippen molar-refractivity contribution in [2.24, 2.45) is 17.8 Å². The smallest absolute Gasteiger partial charge is 0.0609 e. The normalized spacial score (nSPS) is 45.3. The Morgan fingerprint density at radius 2 is 2.10 bits per heavy atom. The van der Waals surface area contributed by atoms with Gasteiger partial charge in [0.25, 0.3) is 0 Å². The third kappa shape index (κ3) is 0.878. The molecule has 3 atom stereocenters. The second kappa shape index (κ2) is 2.23. The lowest BCUT2D eigenvalue weighted by Crippen LogP contribution is -2.24. The van der Waals surface area contributed by atoms with Crippen LogP contribution < -0.4 is 0 Å². The SMILES string of the molecule is CC(C)[C@H]1C[C@H]2CO[C@@H]1C2. The lowest BCUT2D eigenvalue weighted by atomic mass is 9.91. The van der Waals surface area contributed by atoms with Crippen LogP contribution in [-0.4, -0.2) is 12.7 Å². The van der Waals surface area contributed by atoms with Crippen molar-refractivity contribution < 1.29 is 4.74 Å². The van der Waals surface area contributed by atoms with Crippen LogP contribution in [0.3, 0.4) is 0 Å². The summed E-state index contributed by atoms with van der Waals surface area (Å²) in [5.41, 5.74) is 0. The maximum absolute atomic E-state index is 5.63. The Morgan fingerprint density at radius 1 is 1.30 bits per heavy atom. The lowest BCUT2D eigenvalue weighted by Gasteiger charge is -2.25. The monoisotopic (exact) mass is 140 g/mol. The summed E-state index contributed by atoms with van der Waals surface area (Å²) >= 11 is 0. The van der Waals surface area contributed by atoms with Crippen molar-refractivity contribution in [3.05, 3.63) is 0 Å². The van der Waals surface area contributed by atoms with Crippen LogP contribution in [0.5, 0.6) is 0 Å². The van der Waals surface area contributed by atoms with Crippen molar-refractivity contribution in [3.63, 3.8) is 0 Å². The maximum atomic E-state index is 5.63. The van der Waals surface area contributed by atoms with Crippen molar-refractivity contribution in [3.8, 4) is 0 Å². The average Bonchev–Trinajstić information content (AvgIpc) is 2.44. The predicted octanol–water partition coefficient (Wildman–Crippen LogP) is 2.07. The van der Waals surface area contributed by atoms with E-state index in [1.54, 1.807) is 0 Å². The molecule has 0 spiro atoms. The van der Waals surface area contributed by atoms with E-state index < -0.39 is 0 Å². The first-order chi connectivity index (χ1) is 4.77. The maximum Gasteiger partial charge on any atom is 0.0609 e. The molecule has 1 aliphatic heterocycles. The van der Waals surface area contributed by atoms with E-state index in [4.69, 9.17) is 4.74 Å². The molecule has 0 amide bonds. The van der Waals surface area contributed by atoms with Crippen LogP contribution in [0.2, 0.25) is 0 Å². The van der Waals surface area contributed by atoms with Gasteiger partial charge in [-0.2, -0.15) is 0 Å². The van der Waals surface area contributed by atoms with Gasteiger partial charge < -0.3 is 4.74 Å². The van der Waals surface area contributed by atoms with Crippen LogP contribution in [0.4, 0.5) is 0 Å². The molecule has 1 saturated heterocycles. The molecule has 10 heavy (non-hydrogen) atoms. The van der Waals surface area contributed by atoms with Gasteiger partial charge in [-0.05, 0) is 30.6 Å². The van der Waals surface area contributed by atoms with Gasteiger partial charge in [-0.1, -0.05) is 13.8 Å². The number of rotatable bonds is 1. The van der Waals surface area contributed by atoms with Crippen LogP contribution in [0.1, 0.15) is 26.7 Å². The fraction of sp³-hybridized carbons (Fsp3) is 1.00. The minimum atomic E-state index is 0.630. The molecule has 1 nitrogen and oxygen atoms in total. The first-order valence-corrected chi connectivity index (χ1v) is 4.39.